The molecule has 1 unspecified atom stereocenters. The Labute approximate surface area is 175 Å². The molecule has 4 aromatic rings. The van der Waals surface area contributed by atoms with Gasteiger partial charge in [-0.15, -0.1) is 0 Å². The molecule has 6 nitrogen and oxygen atoms in total. The fraction of sp³-hybridized carbons (Fsp3) is 0.125. The summed E-state index contributed by atoms with van der Waals surface area (Å²) < 4.78 is 5.36. The highest BCUT2D eigenvalue weighted by atomic mass is 16.3. The number of hydrogen-bond acceptors (Lipinski definition) is 5. The van der Waals surface area contributed by atoms with Crippen LogP contribution in [0, 0.1) is 0 Å². The van der Waals surface area contributed by atoms with E-state index in [1.165, 1.54) is 0 Å². The third-order valence-electron chi connectivity index (χ3n) is 4.66. The van der Waals surface area contributed by atoms with Gasteiger partial charge in [0.1, 0.15) is 17.3 Å². The third kappa shape index (κ3) is 4.72. The number of amides is 1. The lowest BCUT2D eigenvalue weighted by molar-refractivity contribution is 0.0935. The number of rotatable bonds is 7. The SMILES string of the molecule is CC(NC(=O)c1cc(NCc2ccco2)nc(-c2ccccc2)n1)c1ccccc1. The summed E-state index contributed by atoms with van der Waals surface area (Å²) in [6, 6.07) is 24.6. The van der Waals surface area contributed by atoms with Gasteiger partial charge in [-0.1, -0.05) is 60.7 Å². The first-order valence-corrected chi connectivity index (χ1v) is 9.75. The van der Waals surface area contributed by atoms with Crippen molar-refractivity contribution >= 4 is 11.7 Å². The van der Waals surface area contributed by atoms with Gasteiger partial charge < -0.3 is 15.1 Å². The number of anilines is 1. The van der Waals surface area contributed by atoms with Crippen molar-refractivity contribution in [2.75, 3.05) is 5.32 Å². The number of furan rings is 1. The number of carbonyl (C=O) groups is 1. The molecule has 1 amide bonds. The first kappa shape index (κ1) is 19.4. The van der Waals surface area contributed by atoms with Crippen LogP contribution in [0.1, 0.15) is 34.8 Å². The highest BCUT2D eigenvalue weighted by Crippen LogP contribution is 2.19. The second-order valence-electron chi connectivity index (χ2n) is 6.87. The molecule has 2 N–H and O–H groups in total. The zero-order valence-electron chi connectivity index (χ0n) is 16.6. The number of benzene rings is 2. The smallest absolute Gasteiger partial charge is 0.270 e. The van der Waals surface area contributed by atoms with Crippen molar-refractivity contribution in [2.24, 2.45) is 0 Å². The molecule has 6 heteroatoms. The van der Waals surface area contributed by atoms with Crippen LogP contribution in [0.3, 0.4) is 0 Å². The molecular formula is C24H22N4O2. The molecule has 0 aliphatic rings. The Kier molecular flexibility index (Phi) is 5.85. The van der Waals surface area contributed by atoms with E-state index in [1.807, 2.05) is 79.7 Å². The molecule has 0 spiro atoms. The Morgan fingerprint density at radius 1 is 0.967 bits per heavy atom. The average Bonchev–Trinajstić information content (AvgIpc) is 3.32. The summed E-state index contributed by atoms with van der Waals surface area (Å²) >= 11 is 0. The zero-order valence-corrected chi connectivity index (χ0v) is 16.6. The predicted molar refractivity (Wildman–Crippen MR) is 116 cm³/mol. The van der Waals surface area contributed by atoms with Crippen molar-refractivity contribution in [3.05, 3.63) is 102 Å². The quantitative estimate of drug-likeness (QED) is 0.466. The zero-order chi connectivity index (χ0) is 20.8. The number of aromatic nitrogens is 2. The van der Waals surface area contributed by atoms with Gasteiger partial charge in [0.25, 0.3) is 5.91 Å². The van der Waals surface area contributed by atoms with Crippen molar-refractivity contribution in [1.29, 1.82) is 0 Å². The number of hydrogen-bond donors (Lipinski definition) is 2. The van der Waals surface area contributed by atoms with E-state index in [9.17, 15) is 4.79 Å². The molecule has 1 atom stereocenters. The molecule has 30 heavy (non-hydrogen) atoms. The van der Waals surface area contributed by atoms with Crippen molar-refractivity contribution < 1.29 is 9.21 Å². The highest BCUT2D eigenvalue weighted by molar-refractivity contribution is 5.93. The van der Waals surface area contributed by atoms with Gasteiger partial charge in [-0.3, -0.25) is 4.79 Å². The molecule has 0 aliphatic carbocycles. The van der Waals surface area contributed by atoms with Crippen LogP contribution < -0.4 is 10.6 Å². The fourth-order valence-electron chi connectivity index (χ4n) is 3.06. The Balaban J connectivity index is 1.60. The summed E-state index contributed by atoms with van der Waals surface area (Å²) in [5, 5.41) is 6.23. The molecule has 4 rings (SSSR count). The van der Waals surface area contributed by atoms with Gasteiger partial charge in [-0.2, -0.15) is 0 Å². The number of nitrogens with one attached hydrogen (secondary N) is 2. The molecule has 2 aromatic carbocycles. The van der Waals surface area contributed by atoms with E-state index in [0.29, 0.717) is 23.9 Å². The summed E-state index contributed by atoms with van der Waals surface area (Å²) in [4.78, 5) is 22.0. The van der Waals surface area contributed by atoms with Gasteiger partial charge in [-0.25, -0.2) is 9.97 Å². The van der Waals surface area contributed by atoms with Crippen molar-refractivity contribution in [1.82, 2.24) is 15.3 Å². The number of carbonyl (C=O) groups excluding carboxylic acids is 1. The largest absolute Gasteiger partial charge is 0.467 e. The van der Waals surface area contributed by atoms with Gasteiger partial charge in [0.2, 0.25) is 0 Å². The molecule has 0 bridgehead atoms. The van der Waals surface area contributed by atoms with Crippen LogP contribution in [0.2, 0.25) is 0 Å². The minimum absolute atomic E-state index is 0.145. The van der Waals surface area contributed by atoms with Gasteiger partial charge in [-0.05, 0) is 24.6 Å². The van der Waals surface area contributed by atoms with Crippen molar-refractivity contribution in [3.63, 3.8) is 0 Å². The molecule has 0 fully saturated rings. The molecule has 2 aromatic heterocycles. The van der Waals surface area contributed by atoms with E-state index in [4.69, 9.17) is 4.42 Å². The van der Waals surface area contributed by atoms with Crippen molar-refractivity contribution in [2.45, 2.75) is 19.5 Å². The van der Waals surface area contributed by atoms with Gasteiger partial charge in [0.05, 0.1) is 18.8 Å². The summed E-state index contributed by atoms with van der Waals surface area (Å²) in [6.45, 7) is 2.41. The summed E-state index contributed by atoms with van der Waals surface area (Å²) in [5.74, 6) is 1.56. The highest BCUT2D eigenvalue weighted by Gasteiger charge is 2.16. The van der Waals surface area contributed by atoms with E-state index < -0.39 is 0 Å². The van der Waals surface area contributed by atoms with E-state index in [0.717, 1.165) is 16.9 Å². The lowest BCUT2D eigenvalue weighted by Crippen LogP contribution is -2.27. The molecule has 2 heterocycles. The first-order chi connectivity index (χ1) is 14.7. The lowest BCUT2D eigenvalue weighted by atomic mass is 10.1. The topological polar surface area (TPSA) is 80.0 Å². The maximum Gasteiger partial charge on any atom is 0.270 e. The fourth-order valence-corrected chi connectivity index (χ4v) is 3.06. The van der Waals surface area contributed by atoms with Crippen LogP contribution in [0.15, 0.2) is 89.5 Å². The lowest BCUT2D eigenvalue weighted by Gasteiger charge is -2.15. The predicted octanol–water partition coefficient (Wildman–Crippen LogP) is 4.84. The average molecular weight is 398 g/mol. The monoisotopic (exact) mass is 398 g/mol. The van der Waals surface area contributed by atoms with Crippen LogP contribution >= 0.6 is 0 Å². The number of nitrogens with zero attached hydrogens (tertiary/aromatic N) is 2. The molecule has 0 saturated carbocycles. The minimum Gasteiger partial charge on any atom is -0.467 e. The van der Waals surface area contributed by atoms with Crippen LogP contribution in [-0.4, -0.2) is 15.9 Å². The van der Waals surface area contributed by atoms with Crippen LogP contribution in [0.4, 0.5) is 5.82 Å². The molecule has 0 radical (unpaired) electrons. The van der Waals surface area contributed by atoms with E-state index >= 15 is 0 Å². The third-order valence-corrected chi connectivity index (χ3v) is 4.66. The van der Waals surface area contributed by atoms with Gasteiger partial charge in [0.15, 0.2) is 5.82 Å². The first-order valence-electron chi connectivity index (χ1n) is 9.75. The Bertz CT molecular complexity index is 1100. The van der Waals surface area contributed by atoms with E-state index in [-0.39, 0.29) is 11.9 Å². The van der Waals surface area contributed by atoms with E-state index in [1.54, 1.807) is 12.3 Å². The summed E-state index contributed by atoms with van der Waals surface area (Å²) in [6.07, 6.45) is 1.62. The van der Waals surface area contributed by atoms with Crippen molar-refractivity contribution in [3.8, 4) is 11.4 Å². The second-order valence-corrected chi connectivity index (χ2v) is 6.87. The summed E-state index contributed by atoms with van der Waals surface area (Å²) in [5.41, 5.74) is 2.16. The Morgan fingerprint density at radius 3 is 2.40 bits per heavy atom. The molecule has 150 valence electrons. The molecular weight excluding hydrogens is 376 g/mol. The minimum atomic E-state index is -0.257. The van der Waals surface area contributed by atoms with Crippen LogP contribution in [-0.2, 0) is 6.54 Å². The van der Waals surface area contributed by atoms with E-state index in [2.05, 4.69) is 20.6 Å². The Hall–Kier alpha value is -3.93. The molecule has 0 saturated heterocycles. The van der Waals surface area contributed by atoms with Gasteiger partial charge in [0, 0.05) is 11.6 Å². The van der Waals surface area contributed by atoms with Crippen LogP contribution in [0.5, 0.6) is 0 Å². The van der Waals surface area contributed by atoms with Crippen LogP contribution in [0.25, 0.3) is 11.4 Å². The maximum atomic E-state index is 12.9. The van der Waals surface area contributed by atoms with Gasteiger partial charge >= 0.3 is 0 Å². The Morgan fingerprint density at radius 2 is 1.70 bits per heavy atom. The standard InChI is InChI=1S/C24H22N4O2/c1-17(18-9-4-2-5-10-18)26-24(29)21-15-22(25-16-20-13-8-14-30-20)28-23(27-21)19-11-6-3-7-12-19/h2-15,17H,16H2,1H3,(H,26,29)(H,25,27,28). The maximum absolute atomic E-state index is 12.9. The normalized spacial score (nSPS) is 11.6. The summed E-state index contributed by atoms with van der Waals surface area (Å²) in [7, 11) is 0. The molecule has 0 aliphatic heterocycles. The second kappa shape index (κ2) is 9.05.